The molecule has 0 heterocycles. The lowest BCUT2D eigenvalue weighted by Gasteiger charge is -2.10. The maximum Gasteiger partial charge on any atom is 0.0637 e. The largest absolute Gasteiger partial charge is 0.399 e. The van der Waals surface area contributed by atoms with Gasteiger partial charge in [0, 0.05) is 23.4 Å². The zero-order valence-corrected chi connectivity index (χ0v) is 9.73. The van der Waals surface area contributed by atoms with Crippen LogP contribution in [0.3, 0.4) is 0 Å². The second-order valence-corrected chi connectivity index (χ2v) is 4.44. The number of hydrogen-bond donors (Lipinski definition) is 1. The van der Waals surface area contributed by atoms with Gasteiger partial charge >= 0.3 is 0 Å². The van der Waals surface area contributed by atoms with Gasteiger partial charge in [0.15, 0.2) is 0 Å². The molecule has 0 aliphatic carbocycles. The summed E-state index contributed by atoms with van der Waals surface area (Å²) in [5.41, 5.74) is 7.74. The average Bonchev–Trinajstić information content (AvgIpc) is 2.16. The molecular weight excluding hydrogens is 194 g/mol. The molecule has 2 N–H and O–H groups in total. The van der Waals surface area contributed by atoms with Gasteiger partial charge in [0.25, 0.3) is 0 Å². The highest BCUT2D eigenvalue weighted by Crippen LogP contribution is 2.24. The Balaban J connectivity index is 2.59. The number of benzene rings is 1. The van der Waals surface area contributed by atoms with Gasteiger partial charge in [-0.25, -0.2) is 0 Å². The van der Waals surface area contributed by atoms with Gasteiger partial charge in [-0.2, -0.15) is 0 Å². The first-order valence-corrected chi connectivity index (χ1v) is 5.63. The van der Waals surface area contributed by atoms with Crippen molar-refractivity contribution in [2.75, 3.05) is 18.6 Å². The summed E-state index contributed by atoms with van der Waals surface area (Å²) in [5, 5.41) is 0. The standard InChI is InChI=1S/C11H17NOS/c1-8-6-10(12)4-5-11(8)14-7-9(2)13-3/h4-6,9H,7,12H2,1-3H3. The fourth-order valence-corrected chi connectivity index (χ4v) is 2.11. The van der Waals surface area contributed by atoms with E-state index in [9.17, 15) is 0 Å². The number of methoxy groups -OCH3 is 1. The fourth-order valence-electron chi connectivity index (χ4n) is 1.11. The molecule has 1 aromatic carbocycles. The molecule has 1 atom stereocenters. The Morgan fingerprint density at radius 1 is 1.50 bits per heavy atom. The predicted octanol–water partition coefficient (Wildman–Crippen LogP) is 2.70. The van der Waals surface area contributed by atoms with Gasteiger partial charge in [-0.05, 0) is 37.6 Å². The Kier molecular flexibility index (Phi) is 4.29. The Morgan fingerprint density at radius 3 is 2.79 bits per heavy atom. The van der Waals surface area contributed by atoms with Crippen LogP contribution in [-0.4, -0.2) is 19.0 Å². The summed E-state index contributed by atoms with van der Waals surface area (Å²) < 4.78 is 5.19. The Morgan fingerprint density at radius 2 is 2.21 bits per heavy atom. The lowest BCUT2D eigenvalue weighted by atomic mass is 10.2. The molecule has 1 aromatic rings. The molecule has 0 fully saturated rings. The first-order valence-electron chi connectivity index (χ1n) is 4.65. The normalized spacial score (nSPS) is 12.8. The Labute approximate surface area is 89.8 Å². The monoisotopic (exact) mass is 211 g/mol. The molecule has 1 rings (SSSR count). The second-order valence-electron chi connectivity index (χ2n) is 3.38. The van der Waals surface area contributed by atoms with Gasteiger partial charge in [-0.3, -0.25) is 0 Å². The number of nitrogen functional groups attached to an aromatic ring is 1. The zero-order valence-electron chi connectivity index (χ0n) is 8.91. The van der Waals surface area contributed by atoms with Crippen LogP contribution in [-0.2, 0) is 4.74 Å². The highest BCUT2D eigenvalue weighted by molar-refractivity contribution is 7.99. The molecule has 78 valence electrons. The quantitative estimate of drug-likeness (QED) is 0.614. The van der Waals surface area contributed by atoms with Crippen LogP contribution >= 0.6 is 11.8 Å². The van der Waals surface area contributed by atoms with Crippen LogP contribution < -0.4 is 5.73 Å². The molecule has 0 aliphatic rings. The van der Waals surface area contributed by atoms with Gasteiger partial charge in [-0.15, -0.1) is 11.8 Å². The number of rotatable bonds is 4. The smallest absolute Gasteiger partial charge is 0.0637 e. The van der Waals surface area contributed by atoms with E-state index in [-0.39, 0.29) is 6.10 Å². The van der Waals surface area contributed by atoms with Crippen molar-refractivity contribution >= 4 is 17.4 Å². The topological polar surface area (TPSA) is 35.2 Å². The summed E-state index contributed by atoms with van der Waals surface area (Å²) in [7, 11) is 1.74. The van der Waals surface area contributed by atoms with Crippen molar-refractivity contribution < 1.29 is 4.74 Å². The van der Waals surface area contributed by atoms with Crippen molar-refractivity contribution in [2.45, 2.75) is 24.8 Å². The number of ether oxygens (including phenoxy) is 1. The van der Waals surface area contributed by atoms with E-state index in [2.05, 4.69) is 19.9 Å². The lowest BCUT2D eigenvalue weighted by Crippen LogP contribution is -2.07. The van der Waals surface area contributed by atoms with E-state index in [1.807, 2.05) is 23.9 Å². The minimum absolute atomic E-state index is 0.289. The maximum atomic E-state index is 5.68. The Bertz CT molecular complexity index is 301. The summed E-state index contributed by atoms with van der Waals surface area (Å²) in [6.45, 7) is 4.15. The molecule has 0 aliphatic heterocycles. The molecule has 0 spiro atoms. The summed E-state index contributed by atoms with van der Waals surface area (Å²) in [6, 6.07) is 6.00. The molecule has 0 radical (unpaired) electrons. The van der Waals surface area contributed by atoms with Crippen molar-refractivity contribution in [1.82, 2.24) is 0 Å². The van der Waals surface area contributed by atoms with E-state index in [4.69, 9.17) is 10.5 Å². The third-order valence-corrected chi connectivity index (χ3v) is 3.48. The van der Waals surface area contributed by atoms with Gasteiger partial charge in [0.2, 0.25) is 0 Å². The van der Waals surface area contributed by atoms with Crippen LogP contribution in [0.4, 0.5) is 5.69 Å². The van der Waals surface area contributed by atoms with Crippen LogP contribution in [0.1, 0.15) is 12.5 Å². The Hall–Kier alpha value is -0.670. The van der Waals surface area contributed by atoms with Gasteiger partial charge in [0.1, 0.15) is 0 Å². The maximum absolute atomic E-state index is 5.68. The molecule has 2 nitrogen and oxygen atoms in total. The van der Waals surface area contributed by atoms with E-state index in [0.29, 0.717) is 0 Å². The third-order valence-electron chi connectivity index (χ3n) is 2.07. The van der Waals surface area contributed by atoms with Crippen molar-refractivity contribution in [1.29, 1.82) is 0 Å². The van der Waals surface area contributed by atoms with Crippen molar-refractivity contribution in [3.8, 4) is 0 Å². The number of aryl methyl sites for hydroxylation is 1. The molecule has 0 saturated carbocycles. The predicted molar refractivity (Wildman–Crippen MR) is 62.8 cm³/mol. The number of thioether (sulfide) groups is 1. The fraction of sp³-hybridized carbons (Fsp3) is 0.455. The minimum Gasteiger partial charge on any atom is -0.399 e. The summed E-state index contributed by atoms with van der Waals surface area (Å²) in [5.74, 6) is 0.973. The second kappa shape index (κ2) is 5.27. The van der Waals surface area contributed by atoms with Crippen LogP contribution in [0.15, 0.2) is 23.1 Å². The zero-order chi connectivity index (χ0) is 10.6. The summed E-state index contributed by atoms with van der Waals surface area (Å²) in [6.07, 6.45) is 0.289. The lowest BCUT2D eigenvalue weighted by molar-refractivity contribution is 0.138. The third kappa shape index (κ3) is 3.24. The van der Waals surface area contributed by atoms with Crippen molar-refractivity contribution in [3.05, 3.63) is 23.8 Å². The molecule has 14 heavy (non-hydrogen) atoms. The first kappa shape index (κ1) is 11.4. The molecule has 1 unspecified atom stereocenters. The highest BCUT2D eigenvalue weighted by Gasteiger charge is 2.03. The van der Waals surface area contributed by atoms with E-state index in [0.717, 1.165) is 11.4 Å². The van der Waals surface area contributed by atoms with Crippen LogP contribution in [0.25, 0.3) is 0 Å². The minimum atomic E-state index is 0.289. The summed E-state index contributed by atoms with van der Waals surface area (Å²) >= 11 is 1.81. The van der Waals surface area contributed by atoms with Gasteiger partial charge < -0.3 is 10.5 Å². The number of anilines is 1. The van der Waals surface area contributed by atoms with E-state index in [1.165, 1.54) is 10.5 Å². The average molecular weight is 211 g/mol. The van der Waals surface area contributed by atoms with E-state index in [1.54, 1.807) is 7.11 Å². The first-order chi connectivity index (χ1) is 6.63. The van der Waals surface area contributed by atoms with Crippen LogP contribution in [0.2, 0.25) is 0 Å². The SMILES string of the molecule is COC(C)CSc1ccc(N)cc1C. The highest BCUT2D eigenvalue weighted by atomic mass is 32.2. The molecular formula is C11H17NOS. The molecule has 0 bridgehead atoms. The molecule has 0 aromatic heterocycles. The van der Waals surface area contributed by atoms with E-state index >= 15 is 0 Å². The number of hydrogen-bond acceptors (Lipinski definition) is 3. The molecule has 0 amide bonds. The van der Waals surface area contributed by atoms with Crippen molar-refractivity contribution in [2.24, 2.45) is 0 Å². The molecule has 3 heteroatoms. The van der Waals surface area contributed by atoms with Crippen LogP contribution in [0, 0.1) is 6.92 Å². The van der Waals surface area contributed by atoms with Gasteiger partial charge in [-0.1, -0.05) is 0 Å². The summed E-state index contributed by atoms with van der Waals surface area (Å²) in [4.78, 5) is 1.28. The van der Waals surface area contributed by atoms with Gasteiger partial charge in [0.05, 0.1) is 6.10 Å². The van der Waals surface area contributed by atoms with Crippen LogP contribution in [0.5, 0.6) is 0 Å². The number of nitrogens with two attached hydrogens (primary N) is 1. The van der Waals surface area contributed by atoms with E-state index < -0.39 is 0 Å². The van der Waals surface area contributed by atoms with Crippen molar-refractivity contribution in [3.63, 3.8) is 0 Å². The molecule has 0 saturated heterocycles.